The lowest BCUT2D eigenvalue weighted by Gasteiger charge is -2.28. The van der Waals surface area contributed by atoms with Crippen LogP contribution in [0.25, 0.3) is 0 Å². The van der Waals surface area contributed by atoms with Gasteiger partial charge >= 0.3 is 0 Å². The van der Waals surface area contributed by atoms with Gasteiger partial charge in [-0.15, -0.1) is 0 Å². The predicted molar refractivity (Wildman–Crippen MR) is 102 cm³/mol. The van der Waals surface area contributed by atoms with Crippen LogP contribution in [0.4, 0.5) is 0 Å². The summed E-state index contributed by atoms with van der Waals surface area (Å²) in [5, 5.41) is 3.35. The van der Waals surface area contributed by atoms with Crippen LogP contribution in [0.15, 0.2) is 24.3 Å². The first-order valence-electron chi connectivity index (χ1n) is 9.66. The molecule has 1 fully saturated rings. The molecule has 1 saturated heterocycles. The lowest BCUT2D eigenvalue weighted by atomic mass is 10.1. The summed E-state index contributed by atoms with van der Waals surface area (Å²) in [5.41, 5.74) is 0.747. The first-order valence-corrected chi connectivity index (χ1v) is 9.66. The van der Waals surface area contributed by atoms with Gasteiger partial charge in [-0.25, -0.2) is 0 Å². The van der Waals surface area contributed by atoms with Crippen molar-refractivity contribution in [2.45, 2.75) is 39.7 Å². The molecule has 1 atom stereocenters. The molecule has 25 heavy (non-hydrogen) atoms. The number of ether oxygens (including phenoxy) is 1. The van der Waals surface area contributed by atoms with Gasteiger partial charge in [-0.05, 0) is 56.7 Å². The van der Waals surface area contributed by atoms with E-state index in [-0.39, 0.29) is 5.91 Å². The zero-order valence-corrected chi connectivity index (χ0v) is 16.0. The van der Waals surface area contributed by atoms with Crippen molar-refractivity contribution in [3.8, 4) is 5.75 Å². The van der Waals surface area contributed by atoms with Crippen LogP contribution >= 0.6 is 0 Å². The van der Waals surface area contributed by atoms with E-state index in [4.69, 9.17) is 4.74 Å². The quantitative estimate of drug-likeness (QED) is 0.707. The maximum absolute atomic E-state index is 12.9. The lowest BCUT2D eigenvalue weighted by molar-refractivity contribution is 0.0692. The van der Waals surface area contributed by atoms with Crippen molar-refractivity contribution in [1.82, 2.24) is 15.1 Å². The van der Waals surface area contributed by atoms with Crippen LogP contribution in [0.2, 0.25) is 0 Å². The van der Waals surface area contributed by atoms with Gasteiger partial charge in [0.2, 0.25) is 0 Å². The van der Waals surface area contributed by atoms with Gasteiger partial charge in [-0.1, -0.05) is 20.8 Å². The number of carbonyl (C=O) groups is 1. The fourth-order valence-corrected chi connectivity index (χ4v) is 3.29. The monoisotopic (exact) mass is 347 g/mol. The van der Waals surface area contributed by atoms with Gasteiger partial charge in [0.1, 0.15) is 12.4 Å². The van der Waals surface area contributed by atoms with E-state index in [0.29, 0.717) is 12.6 Å². The molecule has 1 N–H and O–H groups in total. The number of benzene rings is 1. The average molecular weight is 348 g/mol. The van der Waals surface area contributed by atoms with E-state index in [2.05, 4.69) is 31.0 Å². The molecule has 1 aliphatic heterocycles. The van der Waals surface area contributed by atoms with Gasteiger partial charge < -0.3 is 19.9 Å². The predicted octanol–water partition coefficient (Wildman–Crippen LogP) is 2.62. The minimum absolute atomic E-state index is 0.130. The Morgan fingerprint density at radius 1 is 1.16 bits per heavy atom. The third-order valence-corrected chi connectivity index (χ3v) is 4.87. The molecule has 0 aromatic heterocycles. The molecule has 1 unspecified atom stereocenters. The molecule has 5 nitrogen and oxygen atoms in total. The van der Waals surface area contributed by atoms with Crippen molar-refractivity contribution >= 4 is 5.91 Å². The van der Waals surface area contributed by atoms with Crippen LogP contribution in [0.1, 0.15) is 44.0 Å². The largest absolute Gasteiger partial charge is 0.492 e. The molecule has 0 spiro atoms. The second kappa shape index (κ2) is 10.4. The van der Waals surface area contributed by atoms with Crippen molar-refractivity contribution in [2.24, 2.45) is 0 Å². The normalized spacial score (nSPS) is 17.0. The molecule has 0 bridgehead atoms. The van der Waals surface area contributed by atoms with Crippen molar-refractivity contribution in [3.05, 3.63) is 29.8 Å². The highest BCUT2D eigenvalue weighted by atomic mass is 16.5. The summed E-state index contributed by atoms with van der Waals surface area (Å²) in [6.07, 6.45) is 2.02. The van der Waals surface area contributed by atoms with Crippen molar-refractivity contribution in [1.29, 1.82) is 0 Å². The zero-order valence-electron chi connectivity index (χ0n) is 16.0. The molecule has 2 rings (SSSR count). The van der Waals surface area contributed by atoms with Crippen molar-refractivity contribution in [3.63, 3.8) is 0 Å². The van der Waals surface area contributed by atoms with Gasteiger partial charge in [0.25, 0.3) is 5.91 Å². The molecule has 1 amide bonds. The second-order valence-corrected chi connectivity index (χ2v) is 6.54. The Labute approximate surface area is 152 Å². The lowest BCUT2D eigenvalue weighted by Crippen LogP contribution is -2.42. The van der Waals surface area contributed by atoms with E-state index in [9.17, 15) is 4.79 Å². The fraction of sp³-hybridized carbons (Fsp3) is 0.650. The second-order valence-electron chi connectivity index (χ2n) is 6.54. The molecular weight excluding hydrogens is 314 g/mol. The molecule has 0 saturated carbocycles. The Balaban J connectivity index is 1.92. The molecule has 1 aromatic rings. The third kappa shape index (κ3) is 5.72. The van der Waals surface area contributed by atoms with Crippen molar-refractivity contribution < 1.29 is 9.53 Å². The summed E-state index contributed by atoms with van der Waals surface area (Å²) in [7, 11) is 0. The van der Waals surface area contributed by atoms with Gasteiger partial charge in [0.05, 0.1) is 0 Å². The first-order chi connectivity index (χ1) is 12.2. The van der Waals surface area contributed by atoms with Crippen LogP contribution in [-0.2, 0) is 0 Å². The molecule has 140 valence electrons. The van der Waals surface area contributed by atoms with E-state index in [0.717, 1.165) is 63.4 Å². The smallest absolute Gasteiger partial charge is 0.254 e. The standard InChI is InChI=1S/C20H33N3O2/c1-4-13-23(18-11-12-21-16-18)20(24)17-7-9-19(10-8-17)25-15-14-22(5-2)6-3/h7-10,18,21H,4-6,11-16H2,1-3H3. The number of likely N-dealkylation sites (N-methyl/N-ethyl adjacent to an activating group) is 1. The highest BCUT2D eigenvalue weighted by Gasteiger charge is 2.26. The molecule has 0 radical (unpaired) electrons. The minimum Gasteiger partial charge on any atom is -0.492 e. The summed E-state index contributed by atoms with van der Waals surface area (Å²) < 4.78 is 5.81. The summed E-state index contributed by atoms with van der Waals surface area (Å²) >= 11 is 0. The number of carbonyl (C=O) groups excluding carboxylic acids is 1. The SMILES string of the molecule is CCCN(C(=O)c1ccc(OCCN(CC)CC)cc1)C1CCNC1. The fourth-order valence-electron chi connectivity index (χ4n) is 3.29. The first kappa shape index (κ1) is 19.7. The molecule has 1 aromatic carbocycles. The van der Waals surface area contributed by atoms with Gasteiger partial charge in [-0.2, -0.15) is 0 Å². The maximum atomic E-state index is 12.9. The highest BCUT2D eigenvalue weighted by molar-refractivity contribution is 5.94. The van der Waals surface area contributed by atoms with Gasteiger partial charge in [0.15, 0.2) is 0 Å². The van der Waals surface area contributed by atoms with Crippen molar-refractivity contribution in [2.75, 3.05) is 45.9 Å². The Hall–Kier alpha value is -1.59. The van der Waals surface area contributed by atoms with E-state index < -0.39 is 0 Å². The Kier molecular flexibility index (Phi) is 8.22. The zero-order chi connectivity index (χ0) is 18.1. The summed E-state index contributed by atoms with van der Waals surface area (Å²) in [6, 6.07) is 7.91. The number of nitrogens with zero attached hydrogens (tertiary/aromatic N) is 2. The van der Waals surface area contributed by atoms with Crippen LogP contribution in [0.3, 0.4) is 0 Å². The molecule has 1 aliphatic rings. The number of rotatable bonds is 10. The van der Waals surface area contributed by atoms with Gasteiger partial charge in [-0.3, -0.25) is 4.79 Å². The average Bonchev–Trinajstić information content (AvgIpc) is 3.17. The van der Waals surface area contributed by atoms with Crippen LogP contribution in [0, 0.1) is 0 Å². The number of hydrogen-bond donors (Lipinski definition) is 1. The Morgan fingerprint density at radius 3 is 2.44 bits per heavy atom. The summed E-state index contributed by atoms with van der Waals surface area (Å²) in [5.74, 6) is 0.957. The van der Waals surface area contributed by atoms with Gasteiger partial charge in [0, 0.05) is 31.2 Å². The molecule has 1 heterocycles. The van der Waals surface area contributed by atoms with Crippen LogP contribution in [0.5, 0.6) is 5.75 Å². The highest BCUT2D eigenvalue weighted by Crippen LogP contribution is 2.17. The maximum Gasteiger partial charge on any atom is 0.254 e. The van der Waals surface area contributed by atoms with E-state index in [1.807, 2.05) is 29.2 Å². The molecule has 0 aliphatic carbocycles. The minimum atomic E-state index is 0.130. The Morgan fingerprint density at radius 2 is 1.88 bits per heavy atom. The van der Waals surface area contributed by atoms with Crippen LogP contribution in [-0.4, -0.2) is 67.6 Å². The van der Waals surface area contributed by atoms with E-state index in [1.54, 1.807) is 0 Å². The third-order valence-electron chi connectivity index (χ3n) is 4.87. The topological polar surface area (TPSA) is 44.8 Å². The van der Waals surface area contributed by atoms with E-state index >= 15 is 0 Å². The molecular formula is C20H33N3O2. The van der Waals surface area contributed by atoms with Crippen LogP contribution < -0.4 is 10.1 Å². The summed E-state index contributed by atoms with van der Waals surface area (Å²) in [6.45, 7) is 12.8. The number of nitrogens with one attached hydrogen (secondary N) is 1. The summed E-state index contributed by atoms with van der Waals surface area (Å²) in [4.78, 5) is 17.2. The van der Waals surface area contributed by atoms with E-state index in [1.165, 1.54) is 0 Å². The number of amides is 1. The number of hydrogen-bond acceptors (Lipinski definition) is 4. The molecule has 5 heteroatoms. The Bertz CT molecular complexity index is 508.